The van der Waals surface area contributed by atoms with Gasteiger partial charge in [-0.3, -0.25) is 0 Å². The van der Waals surface area contributed by atoms with Crippen LogP contribution < -0.4 is 0 Å². The molecule has 29 heavy (non-hydrogen) atoms. The van der Waals surface area contributed by atoms with E-state index in [0.29, 0.717) is 13.2 Å². The number of aliphatic hydroxyl groups is 1. The Morgan fingerprint density at radius 2 is 1.90 bits per heavy atom. The molecule has 0 amide bonds. The summed E-state index contributed by atoms with van der Waals surface area (Å²) in [5.74, 6) is 6.93. The van der Waals surface area contributed by atoms with Crippen molar-refractivity contribution in [3.63, 3.8) is 0 Å². The molecule has 0 spiro atoms. The standard InChI is InChI=1S/C25H38O4/c1-20(17-23(4)26)16-22(3)25(29-19-27-5)21(2)12-8-7-11-15-28-18-24-13-9-6-10-14-24/h6,9-10,13-14,16,20-21,23,25-26H,7,11,15,17-19H2,1-5H3/b22-16+/t20-,21+,23?,25+/m0/s1. The van der Waals surface area contributed by atoms with Crippen LogP contribution in [0, 0.1) is 23.7 Å². The summed E-state index contributed by atoms with van der Waals surface area (Å²) in [7, 11) is 1.62. The molecular formula is C25H38O4. The lowest BCUT2D eigenvalue weighted by Crippen LogP contribution is -2.24. The predicted octanol–water partition coefficient (Wildman–Crippen LogP) is 4.97. The SMILES string of the molecule is COCO[C@@H](/C(C)=C/[C@H](C)CC(C)O)[C@H](C)C#CCCCOCc1ccccc1. The van der Waals surface area contributed by atoms with E-state index in [1.807, 2.05) is 25.1 Å². The number of aliphatic hydroxyl groups excluding tert-OH is 1. The van der Waals surface area contributed by atoms with Crippen LogP contribution in [0.4, 0.5) is 0 Å². The largest absolute Gasteiger partial charge is 0.393 e. The van der Waals surface area contributed by atoms with Gasteiger partial charge in [0, 0.05) is 26.1 Å². The van der Waals surface area contributed by atoms with Crippen molar-refractivity contribution < 1.29 is 19.3 Å². The van der Waals surface area contributed by atoms with Crippen LogP contribution in [0.1, 0.15) is 52.5 Å². The van der Waals surface area contributed by atoms with E-state index in [2.05, 4.69) is 50.8 Å². The summed E-state index contributed by atoms with van der Waals surface area (Å²) in [6, 6.07) is 10.2. The minimum Gasteiger partial charge on any atom is -0.393 e. The Morgan fingerprint density at radius 1 is 1.17 bits per heavy atom. The van der Waals surface area contributed by atoms with Crippen molar-refractivity contribution in [1.82, 2.24) is 0 Å². The number of ether oxygens (including phenoxy) is 3. The third kappa shape index (κ3) is 11.8. The topological polar surface area (TPSA) is 47.9 Å². The summed E-state index contributed by atoms with van der Waals surface area (Å²) in [5, 5.41) is 9.58. The van der Waals surface area contributed by atoms with Crippen LogP contribution >= 0.6 is 0 Å². The summed E-state index contributed by atoms with van der Waals surface area (Å²) < 4.78 is 16.7. The smallest absolute Gasteiger partial charge is 0.147 e. The van der Waals surface area contributed by atoms with E-state index in [9.17, 15) is 5.11 Å². The van der Waals surface area contributed by atoms with E-state index < -0.39 is 0 Å². The maximum atomic E-state index is 9.58. The van der Waals surface area contributed by atoms with Gasteiger partial charge in [0.1, 0.15) is 6.79 Å². The first-order valence-electron chi connectivity index (χ1n) is 10.5. The van der Waals surface area contributed by atoms with Gasteiger partial charge in [0.15, 0.2) is 0 Å². The van der Waals surface area contributed by atoms with Crippen LogP contribution in [0.15, 0.2) is 42.0 Å². The molecule has 0 fully saturated rings. The minimum atomic E-state index is -0.311. The lowest BCUT2D eigenvalue weighted by Gasteiger charge is -2.23. The highest BCUT2D eigenvalue weighted by molar-refractivity contribution is 5.16. The molecule has 0 aliphatic heterocycles. The van der Waals surface area contributed by atoms with Crippen molar-refractivity contribution >= 4 is 0 Å². The highest BCUT2D eigenvalue weighted by Crippen LogP contribution is 2.20. The summed E-state index contributed by atoms with van der Waals surface area (Å²) in [6.45, 7) is 9.65. The minimum absolute atomic E-state index is 0.0605. The number of rotatable bonds is 13. The van der Waals surface area contributed by atoms with Crippen LogP contribution in [0.25, 0.3) is 0 Å². The third-order valence-electron chi connectivity index (χ3n) is 4.56. The number of allylic oxidation sites excluding steroid dienone is 1. The Morgan fingerprint density at radius 3 is 2.55 bits per heavy atom. The van der Waals surface area contributed by atoms with Gasteiger partial charge in [0.25, 0.3) is 0 Å². The molecule has 1 unspecified atom stereocenters. The fraction of sp³-hybridized carbons (Fsp3) is 0.600. The number of hydrogen-bond acceptors (Lipinski definition) is 4. The van der Waals surface area contributed by atoms with Crippen molar-refractivity contribution in [2.75, 3.05) is 20.5 Å². The van der Waals surface area contributed by atoms with Crippen LogP contribution in [-0.4, -0.2) is 37.8 Å². The number of benzene rings is 1. The summed E-state index contributed by atoms with van der Waals surface area (Å²) in [6.07, 6.45) is 4.19. The molecule has 1 N–H and O–H groups in total. The second-order valence-electron chi connectivity index (χ2n) is 7.72. The first kappa shape index (κ1) is 25.4. The van der Waals surface area contributed by atoms with E-state index in [0.717, 1.165) is 24.8 Å². The summed E-state index contributed by atoms with van der Waals surface area (Å²) >= 11 is 0. The van der Waals surface area contributed by atoms with Crippen LogP contribution in [0.5, 0.6) is 0 Å². The van der Waals surface area contributed by atoms with Crippen LogP contribution in [-0.2, 0) is 20.8 Å². The Bertz CT molecular complexity index is 627. The van der Waals surface area contributed by atoms with Gasteiger partial charge in [-0.25, -0.2) is 0 Å². The lowest BCUT2D eigenvalue weighted by atomic mass is 9.94. The maximum absolute atomic E-state index is 9.58. The first-order valence-corrected chi connectivity index (χ1v) is 10.5. The zero-order valence-corrected chi connectivity index (χ0v) is 18.7. The molecular weight excluding hydrogens is 364 g/mol. The lowest BCUT2D eigenvalue weighted by molar-refractivity contribution is -0.0684. The molecule has 4 atom stereocenters. The molecule has 0 saturated heterocycles. The second kappa shape index (κ2) is 15.2. The second-order valence-corrected chi connectivity index (χ2v) is 7.72. The average Bonchev–Trinajstić information content (AvgIpc) is 2.67. The molecule has 0 saturated carbocycles. The van der Waals surface area contributed by atoms with Crippen LogP contribution in [0.3, 0.4) is 0 Å². The quantitative estimate of drug-likeness (QED) is 0.219. The Hall–Kier alpha value is -1.64. The van der Waals surface area contributed by atoms with E-state index in [1.54, 1.807) is 7.11 Å². The molecule has 0 radical (unpaired) electrons. The maximum Gasteiger partial charge on any atom is 0.147 e. The van der Waals surface area contributed by atoms with Gasteiger partial charge in [0.2, 0.25) is 0 Å². The summed E-state index contributed by atoms with van der Waals surface area (Å²) in [4.78, 5) is 0. The molecule has 0 aliphatic rings. The van der Waals surface area contributed by atoms with Gasteiger partial charge >= 0.3 is 0 Å². The van der Waals surface area contributed by atoms with E-state index in [4.69, 9.17) is 14.2 Å². The first-order chi connectivity index (χ1) is 13.9. The van der Waals surface area contributed by atoms with Crippen molar-refractivity contribution in [2.24, 2.45) is 11.8 Å². The molecule has 0 aliphatic carbocycles. The molecule has 1 aromatic carbocycles. The van der Waals surface area contributed by atoms with Gasteiger partial charge in [-0.05, 0) is 50.7 Å². The van der Waals surface area contributed by atoms with Crippen molar-refractivity contribution in [1.29, 1.82) is 0 Å². The van der Waals surface area contributed by atoms with Crippen molar-refractivity contribution in [2.45, 2.75) is 65.8 Å². The zero-order chi connectivity index (χ0) is 21.5. The molecule has 1 rings (SSSR count). The van der Waals surface area contributed by atoms with E-state index in [1.165, 1.54) is 5.56 Å². The van der Waals surface area contributed by atoms with Gasteiger partial charge in [-0.1, -0.05) is 49.3 Å². The molecule has 0 aromatic heterocycles. The van der Waals surface area contributed by atoms with Crippen molar-refractivity contribution in [3.8, 4) is 11.8 Å². The highest BCUT2D eigenvalue weighted by atomic mass is 16.7. The van der Waals surface area contributed by atoms with Crippen molar-refractivity contribution in [3.05, 3.63) is 47.5 Å². The monoisotopic (exact) mass is 402 g/mol. The number of hydrogen-bond donors (Lipinski definition) is 1. The third-order valence-corrected chi connectivity index (χ3v) is 4.56. The van der Waals surface area contributed by atoms with Gasteiger partial charge in [0.05, 0.1) is 18.8 Å². The molecule has 4 nitrogen and oxygen atoms in total. The fourth-order valence-corrected chi connectivity index (χ4v) is 3.30. The van der Waals surface area contributed by atoms with E-state index >= 15 is 0 Å². The molecule has 0 bridgehead atoms. The van der Waals surface area contributed by atoms with Crippen LogP contribution in [0.2, 0.25) is 0 Å². The predicted molar refractivity (Wildman–Crippen MR) is 118 cm³/mol. The average molecular weight is 403 g/mol. The molecule has 1 aromatic rings. The zero-order valence-electron chi connectivity index (χ0n) is 18.7. The van der Waals surface area contributed by atoms with E-state index in [-0.39, 0.29) is 30.8 Å². The normalized spacial score (nSPS) is 15.9. The Kier molecular flexibility index (Phi) is 13.3. The Balaban J connectivity index is 2.46. The molecule has 0 heterocycles. The molecule has 162 valence electrons. The van der Waals surface area contributed by atoms with Gasteiger partial charge in [-0.15, -0.1) is 5.92 Å². The number of methoxy groups -OCH3 is 1. The number of unbranched alkanes of at least 4 members (excludes halogenated alkanes) is 1. The fourth-order valence-electron chi connectivity index (χ4n) is 3.30. The Labute approximate surface area is 177 Å². The summed E-state index contributed by atoms with van der Waals surface area (Å²) in [5.41, 5.74) is 2.32. The molecule has 4 heteroatoms. The van der Waals surface area contributed by atoms with Gasteiger partial charge < -0.3 is 19.3 Å². The van der Waals surface area contributed by atoms with Gasteiger partial charge in [-0.2, -0.15) is 0 Å². The highest BCUT2D eigenvalue weighted by Gasteiger charge is 2.19.